The molecule has 6 atom stereocenters. The van der Waals surface area contributed by atoms with E-state index >= 15 is 0 Å². The van der Waals surface area contributed by atoms with Gasteiger partial charge in [-0.1, -0.05) is 36.7 Å². The summed E-state index contributed by atoms with van der Waals surface area (Å²) in [4.78, 5) is 21.3. The second-order valence-corrected chi connectivity index (χ2v) is 19.7. The SMILES string of the molecule is COCC(COC)N1CCN(C[C@]2(OC)/C=C\C[C@H](C)[C@@H](COC)S(=O)(=O)NC(=O)c3ccc4c(c3)N(C[C@@H]3CC[C@H]32)C[C@@]2(CCCc3cc(Cl)ccc32)CO4)CC1. The second kappa shape index (κ2) is 18.5. The van der Waals surface area contributed by atoms with Gasteiger partial charge in [-0.2, -0.15) is 0 Å². The highest BCUT2D eigenvalue weighted by atomic mass is 35.5. The Bertz CT molecular complexity index is 1890. The van der Waals surface area contributed by atoms with Crippen molar-refractivity contribution in [3.05, 3.63) is 70.3 Å². The van der Waals surface area contributed by atoms with E-state index in [1.54, 1.807) is 20.3 Å². The number of nitrogens with zero attached hydrogens (tertiary/aromatic N) is 3. The van der Waals surface area contributed by atoms with Crippen LogP contribution in [0, 0.1) is 17.8 Å². The molecule has 1 N–H and O–H groups in total. The van der Waals surface area contributed by atoms with Crippen LogP contribution in [0.4, 0.5) is 5.69 Å². The summed E-state index contributed by atoms with van der Waals surface area (Å²) in [5, 5.41) is -0.216. The van der Waals surface area contributed by atoms with E-state index in [1.165, 1.54) is 18.2 Å². The molecule has 1 amide bonds. The predicted molar refractivity (Wildman–Crippen MR) is 227 cm³/mol. The highest BCUT2D eigenvalue weighted by molar-refractivity contribution is 7.90. The molecule has 2 fully saturated rings. The zero-order valence-corrected chi connectivity index (χ0v) is 36.5. The first kappa shape index (κ1) is 43.3. The number of rotatable bonds is 10. The number of ether oxygens (including phenoxy) is 5. The van der Waals surface area contributed by atoms with E-state index in [2.05, 4.69) is 43.7 Å². The fourth-order valence-corrected chi connectivity index (χ4v) is 12.2. The van der Waals surface area contributed by atoms with Gasteiger partial charge in [-0.05, 0) is 97.7 Å². The smallest absolute Gasteiger partial charge is 0.264 e. The molecule has 58 heavy (non-hydrogen) atoms. The van der Waals surface area contributed by atoms with Gasteiger partial charge in [0, 0.05) is 90.3 Å². The van der Waals surface area contributed by atoms with Crippen molar-refractivity contribution in [2.75, 3.05) is 106 Å². The van der Waals surface area contributed by atoms with Crippen molar-refractivity contribution in [3.8, 4) is 5.75 Å². The summed E-state index contributed by atoms with van der Waals surface area (Å²) in [5.41, 5.74) is 2.69. The number of amides is 1. The van der Waals surface area contributed by atoms with Gasteiger partial charge >= 0.3 is 0 Å². The average Bonchev–Trinajstić information content (AvgIpc) is 3.34. The summed E-state index contributed by atoms with van der Waals surface area (Å²) < 4.78 is 60.3. The highest BCUT2D eigenvalue weighted by Gasteiger charge is 2.50. The van der Waals surface area contributed by atoms with Gasteiger partial charge in [-0.3, -0.25) is 14.6 Å². The minimum absolute atomic E-state index is 0.0459. The Morgan fingerprint density at radius 3 is 2.47 bits per heavy atom. The molecule has 1 spiro atoms. The molecule has 0 aromatic heterocycles. The van der Waals surface area contributed by atoms with E-state index in [0.29, 0.717) is 44.5 Å². The first-order valence-corrected chi connectivity index (χ1v) is 22.9. The quantitative estimate of drug-likeness (QED) is 0.319. The number of methoxy groups -OCH3 is 4. The molecule has 0 radical (unpaired) electrons. The second-order valence-electron chi connectivity index (χ2n) is 17.4. The maximum atomic E-state index is 14.0. The molecule has 320 valence electrons. The molecule has 7 rings (SSSR count). The predicted octanol–water partition coefficient (Wildman–Crippen LogP) is 5.17. The number of carbonyl (C=O) groups excluding carboxylic acids is 1. The number of carbonyl (C=O) groups is 1. The fourth-order valence-electron chi connectivity index (χ4n) is 10.4. The van der Waals surface area contributed by atoms with Crippen molar-refractivity contribution in [2.45, 2.75) is 67.8 Å². The van der Waals surface area contributed by atoms with Crippen LogP contribution >= 0.6 is 11.6 Å². The number of anilines is 1. The van der Waals surface area contributed by atoms with Gasteiger partial charge in [-0.15, -0.1) is 0 Å². The summed E-state index contributed by atoms with van der Waals surface area (Å²) >= 11 is 6.53. The molecular weight excluding hydrogens is 780 g/mol. The van der Waals surface area contributed by atoms with Gasteiger partial charge in [0.05, 0.1) is 38.2 Å². The standard InChI is InChI=1S/C44H63ClN4O8S/c1-31-8-6-17-44(56-5,29-47-18-20-48(21-19-47)36(25-53-2)26-54-3)38-13-10-34(38)24-49-28-43(16-7-9-32-22-35(45)12-14-37(32)43)30-57-40-15-11-33(23-39(40)49)42(50)46-58(51,52)41(31)27-55-4/h6,11-12,14-15,17,22-23,31,34,36,38,41H,7-10,13,16,18-21,24-30H2,1-5H3,(H,46,50)/b17-6-/t31-,34-,38+,41+,43-,44+/m0/s1. The number of benzene rings is 2. The molecule has 3 aliphatic heterocycles. The van der Waals surface area contributed by atoms with Crippen LogP contribution in [-0.4, -0.2) is 142 Å². The number of aryl methyl sites for hydroxylation is 1. The zero-order chi connectivity index (χ0) is 41.1. The Kier molecular flexibility index (Phi) is 13.8. The summed E-state index contributed by atoms with van der Waals surface area (Å²) in [6.45, 7) is 9.31. The van der Waals surface area contributed by atoms with E-state index < -0.39 is 26.8 Å². The van der Waals surface area contributed by atoms with Crippen molar-refractivity contribution in [1.82, 2.24) is 14.5 Å². The lowest BCUT2D eigenvalue weighted by Crippen LogP contribution is -2.60. The molecule has 1 saturated carbocycles. The van der Waals surface area contributed by atoms with Gasteiger partial charge in [0.2, 0.25) is 10.0 Å². The third-order valence-corrected chi connectivity index (χ3v) is 15.9. The first-order valence-electron chi connectivity index (χ1n) is 21.0. The van der Waals surface area contributed by atoms with Gasteiger partial charge in [-0.25, -0.2) is 13.1 Å². The monoisotopic (exact) mass is 842 g/mol. The minimum atomic E-state index is -4.12. The number of fused-ring (bicyclic) bond motifs is 4. The van der Waals surface area contributed by atoms with Crippen molar-refractivity contribution >= 4 is 33.2 Å². The van der Waals surface area contributed by atoms with Crippen LogP contribution in [-0.2, 0) is 40.8 Å². The molecule has 2 aliphatic carbocycles. The maximum absolute atomic E-state index is 14.0. The van der Waals surface area contributed by atoms with Crippen LogP contribution in [0.3, 0.4) is 0 Å². The van der Waals surface area contributed by atoms with Gasteiger partial charge in [0.25, 0.3) is 5.91 Å². The van der Waals surface area contributed by atoms with E-state index in [0.717, 1.165) is 82.1 Å². The lowest BCUT2D eigenvalue weighted by Gasteiger charge is -2.52. The summed E-state index contributed by atoms with van der Waals surface area (Å²) in [6, 6.07) is 11.8. The summed E-state index contributed by atoms with van der Waals surface area (Å²) in [7, 11) is 2.68. The number of piperazine rings is 1. The zero-order valence-electron chi connectivity index (χ0n) is 34.9. The van der Waals surface area contributed by atoms with Gasteiger partial charge in [0.15, 0.2) is 0 Å². The molecule has 2 aromatic rings. The Morgan fingerprint density at radius 1 is 1.00 bits per heavy atom. The molecular formula is C44H63ClN4O8S. The number of hydrogen-bond donors (Lipinski definition) is 1. The molecule has 0 unspecified atom stereocenters. The van der Waals surface area contributed by atoms with Crippen LogP contribution in [0.15, 0.2) is 48.6 Å². The Balaban J connectivity index is 1.26. The minimum Gasteiger partial charge on any atom is -0.490 e. The molecule has 5 aliphatic rings. The van der Waals surface area contributed by atoms with Crippen molar-refractivity contribution in [2.24, 2.45) is 17.8 Å². The van der Waals surface area contributed by atoms with E-state index in [9.17, 15) is 13.2 Å². The summed E-state index contributed by atoms with van der Waals surface area (Å²) in [6.07, 6.45) is 9.80. The van der Waals surface area contributed by atoms with Crippen LogP contribution in [0.2, 0.25) is 5.02 Å². The molecule has 12 nitrogen and oxygen atoms in total. The molecule has 2 bridgehead atoms. The van der Waals surface area contributed by atoms with Crippen LogP contribution in [0.25, 0.3) is 0 Å². The topological polar surface area (TPSA) is 119 Å². The average molecular weight is 844 g/mol. The van der Waals surface area contributed by atoms with Crippen molar-refractivity contribution in [3.63, 3.8) is 0 Å². The number of nitrogens with one attached hydrogen (secondary N) is 1. The number of sulfonamides is 1. The maximum Gasteiger partial charge on any atom is 0.264 e. The Morgan fingerprint density at radius 2 is 1.78 bits per heavy atom. The lowest BCUT2D eigenvalue weighted by molar-refractivity contribution is -0.0979. The number of allylic oxidation sites excluding steroid dienone is 1. The third kappa shape index (κ3) is 8.98. The number of hydrogen-bond acceptors (Lipinski definition) is 11. The third-order valence-electron chi connectivity index (χ3n) is 13.8. The normalized spacial score (nSPS) is 31.1. The van der Waals surface area contributed by atoms with Crippen LogP contribution < -0.4 is 14.4 Å². The van der Waals surface area contributed by atoms with E-state index in [1.807, 2.05) is 32.2 Å². The largest absolute Gasteiger partial charge is 0.490 e. The lowest BCUT2D eigenvalue weighted by atomic mass is 9.63. The fraction of sp³-hybridized carbons (Fsp3) is 0.659. The van der Waals surface area contributed by atoms with Gasteiger partial charge in [0.1, 0.15) is 16.6 Å². The van der Waals surface area contributed by atoms with Crippen molar-refractivity contribution in [1.29, 1.82) is 0 Å². The summed E-state index contributed by atoms with van der Waals surface area (Å²) in [5.74, 6) is 0.182. The van der Waals surface area contributed by atoms with E-state index in [4.69, 9.17) is 35.3 Å². The van der Waals surface area contributed by atoms with Gasteiger partial charge < -0.3 is 28.6 Å². The molecule has 14 heteroatoms. The Labute approximate surface area is 350 Å². The van der Waals surface area contributed by atoms with Crippen molar-refractivity contribution < 1.29 is 36.9 Å². The Hall–Kier alpha value is -2.75. The molecule has 3 heterocycles. The molecule has 2 aromatic carbocycles. The highest BCUT2D eigenvalue weighted by Crippen LogP contribution is 2.49. The van der Waals surface area contributed by atoms with Crippen LogP contribution in [0.5, 0.6) is 5.75 Å². The molecule has 1 saturated heterocycles. The number of halogens is 1. The first-order chi connectivity index (χ1) is 27.9. The van der Waals surface area contributed by atoms with Crippen LogP contribution in [0.1, 0.15) is 60.5 Å². The van der Waals surface area contributed by atoms with E-state index in [-0.39, 0.29) is 35.5 Å².